The number of carboxylic acids is 2. The first-order valence-electron chi connectivity index (χ1n) is 39.1. The van der Waals surface area contributed by atoms with E-state index < -0.39 is 191 Å². The average Bonchev–Trinajstić information content (AvgIpc) is 1.58. The second-order valence-electron chi connectivity index (χ2n) is 33.4. The van der Waals surface area contributed by atoms with E-state index in [1.807, 2.05) is 60.7 Å². The molecule has 11 aliphatic rings. The molecule has 11 aliphatic heterocycles. The van der Waals surface area contributed by atoms with Crippen LogP contribution in [0.1, 0.15) is 178 Å². The van der Waals surface area contributed by atoms with Gasteiger partial charge in [0.15, 0.2) is 51.1 Å². The van der Waals surface area contributed by atoms with E-state index in [1.165, 1.54) is 21.6 Å². The van der Waals surface area contributed by atoms with E-state index in [0.717, 1.165) is 52.3 Å². The van der Waals surface area contributed by atoms with E-state index in [1.54, 1.807) is 66.0 Å². The fourth-order valence-corrected chi connectivity index (χ4v) is 18.1. The van der Waals surface area contributed by atoms with Crippen molar-refractivity contribution in [1.82, 2.24) is 29.9 Å². The molecule has 37 nitrogen and oxygen atoms in total. The van der Waals surface area contributed by atoms with Gasteiger partial charge in [-0.15, -0.1) is 22.7 Å². The van der Waals surface area contributed by atoms with E-state index in [9.17, 15) is 78.0 Å². The molecule has 121 heavy (non-hydrogen) atoms. The largest absolute Gasteiger partial charge is 0.504 e. The summed E-state index contributed by atoms with van der Waals surface area (Å²) in [4.78, 5) is 198. The number of Topliss-reactive ketones (excluding diaryl/α,β-unsaturated/α-hetero) is 2. The maximum atomic E-state index is 14.6. The number of cyclic esters (lactones) is 2. The zero-order valence-corrected chi connectivity index (χ0v) is 67.9. The fraction of sp³-hybridized carbons (Fsp3) is 0.463. The van der Waals surface area contributed by atoms with Crippen LogP contribution in [0.3, 0.4) is 0 Å². The first-order valence-corrected chi connectivity index (χ1v) is 40.8. The monoisotopic (exact) mass is 1710 g/mol. The quantitative estimate of drug-likeness (QED) is 0.0154. The van der Waals surface area contributed by atoms with Gasteiger partial charge in [0, 0.05) is 84.6 Å². The summed E-state index contributed by atoms with van der Waals surface area (Å²) in [6.45, 7) is 10.6. The zero-order valence-electron chi connectivity index (χ0n) is 66.2. The van der Waals surface area contributed by atoms with Crippen LogP contribution in [0.4, 0.5) is 5.13 Å². The second kappa shape index (κ2) is 30.9. The number of ketones is 2. The van der Waals surface area contributed by atoms with Crippen molar-refractivity contribution < 1.29 is 135 Å². The molecule has 4 amide bonds. The third-order valence-electron chi connectivity index (χ3n) is 22.7. The van der Waals surface area contributed by atoms with Crippen molar-refractivity contribution in [3.05, 3.63) is 145 Å². The molecule has 39 heteroatoms. The van der Waals surface area contributed by atoms with E-state index in [0.29, 0.717) is 45.0 Å². The van der Waals surface area contributed by atoms with Crippen LogP contribution in [0.25, 0.3) is 0 Å². The maximum absolute atomic E-state index is 14.6. The number of carbonyl (C=O) groups excluding carboxylic acids is 10. The van der Waals surface area contributed by atoms with Crippen LogP contribution in [-0.2, 0) is 115 Å². The van der Waals surface area contributed by atoms with Gasteiger partial charge in [-0.3, -0.25) is 38.4 Å². The van der Waals surface area contributed by atoms with Gasteiger partial charge in [-0.05, 0) is 110 Å². The zero-order chi connectivity index (χ0) is 85.9. The summed E-state index contributed by atoms with van der Waals surface area (Å²) in [5.41, 5.74) is -2.80. The van der Waals surface area contributed by atoms with Gasteiger partial charge < -0.3 is 83.5 Å². The number of carboxylic acid groups (broad SMARTS) is 2. The summed E-state index contributed by atoms with van der Waals surface area (Å²) >= 11 is 2.24. The summed E-state index contributed by atoms with van der Waals surface area (Å²) in [6, 6.07) is 21.4. The number of hydroxylamine groups is 4. The van der Waals surface area contributed by atoms with Crippen molar-refractivity contribution >= 4 is 110 Å². The van der Waals surface area contributed by atoms with Crippen molar-refractivity contribution in [3.8, 4) is 23.0 Å². The molecule has 0 spiro atoms. The van der Waals surface area contributed by atoms with Gasteiger partial charge in [0.05, 0.1) is 67.3 Å². The van der Waals surface area contributed by atoms with Crippen molar-refractivity contribution in [2.24, 2.45) is 22.1 Å². The van der Waals surface area contributed by atoms with Crippen LogP contribution in [0.15, 0.2) is 106 Å². The molecular formula is C82H83N9O28S2. The standard InChI is InChI=1S/C52H54N4O14S.C30H29N5O14S/c1-29-53-37(28-71-29)42(54-70-50(46(61)68-48(2,3)4)23-34-18-19-35(24-50)64-34)39(57)20-31-27-63-56(43(31)58)51(47(62)69-49(5,6)7)25-38(45(60)67-51)55-26-30-21-40-41(22-36(30)44(55)59)66-52(65-40,32-14-10-8-11-15-32)33-16-12-9-13-17-33;31-28-32-17(11-50-28)22(33-49-29(26(42)43)6-14-1-2-15(7-29)47-14)21(38)4-13-10-46-35(23(13)39)30(27(44)45)8-18(25(41)48-30)34-9-12-3-19(36)20(37)5-16(12)24(34)40/h8-17,21-22,28,31,34-35,38H,18-20,23-27H2,1-7H3;3,5,11,13-15,18,36-37H,1-2,4,6-10H2,(H2,31,32)(H,42,43)(H,44,45)/b54-42-;33-22-/t31-,34?,35?,38-,50?,51?;13-,14?,15?,18-,29?,30?/m00/s1. The van der Waals surface area contributed by atoms with Gasteiger partial charge in [-0.2, -0.15) is 10.1 Å². The van der Waals surface area contributed by atoms with Gasteiger partial charge >= 0.3 is 53.1 Å². The minimum absolute atomic E-state index is 0.00996. The predicted octanol–water partition coefficient (Wildman–Crippen LogP) is 6.75. The fourth-order valence-electron chi connectivity index (χ4n) is 16.9. The van der Waals surface area contributed by atoms with Gasteiger partial charge in [0.2, 0.25) is 11.2 Å². The number of oxime groups is 2. The minimum Gasteiger partial charge on any atom is -0.504 e. The van der Waals surface area contributed by atoms with Crippen molar-refractivity contribution in [2.45, 2.75) is 215 Å². The number of nitrogens with two attached hydrogens (primary N) is 1. The number of aromatic hydroxyl groups is 2. The highest BCUT2D eigenvalue weighted by molar-refractivity contribution is 7.13. The Balaban J connectivity index is 0.000000191. The molecule has 636 valence electrons. The maximum Gasteiger partial charge on any atom is 0.375 e. The number of aryl methyl sites for hydroxylation is 1. The van der Waals surface area contributed by atoms with E-state index in [4.69, 9.17) is 63.0 Å². The SMILES string of the molecule is Cc1nc(/C(=N/OC2(C(=O)OC(C)(C)C)CC3CCC(C2)O3)C(=O)C[C@H]2CON(C3(C(=O)OC(C)(C)C)C[C@H](N4Cc5cc6c(cc5C4=O)OC(c4ccccc4)(c4ccccc4)O6)C(=O)O3)C2=O)cs1.Nc1nc(/C(=N/OC2(C(=O)O)CC3CCC(C2)O3)C(=O)C[C@H]2CON(C3(C(=O)O)C[C@H](N4Cc5cc(O)c(O)cc5C4=O)C(=O)O3)C2=O)cs1. The Morgan fingerprint density at radius 2 is 0.983 bits per heavy atom. The Bertz CT molecular complexity index is 5310. The molecule has 4 aromatic carbocycles. The van der Waals surface area contributed by atoms with Gasteiger partial charge in [0.25, 0.3) is 23.6 Å². The number of benzene rings is 4. The number of hydrogen-bond acceptors (Lipinski definition) is 33. The Morgan fingerprint density at radius 3 is 1.46 bits per heavy atom. The molecule has 0 saturated carbocycles. The van der Waals surface area contributed by atoms with Crippen LogP contribution >= 0.6 is 22.7 Å². The van der Waals surface area contributed by atoms with Gasteiger partial charge in [-0.1, -0.05) is 71.0 Å². The summed E-state index contributed by atoms with van der Waals surface area (Å²) in [5.74, 6) is -15.9. The number of aliphatic carboxylic acids is 2. The highest BCUT2D eigenvalue weighted by Gasteiger charge is 2.67. The molecule has 0 aliphatic carbocycles. The molecule has 8 saturated heterocycles. The van der Waals surface area contributed by atoms with Crippen molar-refractivity contribution in [1.29, 1.82) is 0 Å². The van der Waals surface area contributed by atoms with E-state index in [2.05, 4.69) is 20.3 Å². The number of phenolic OH excluding ortho intramolecular Hbond substituents is 2. The van der Waals surface area contributed by atoms with Crippen molar-refractivity contribution in [3.63, 3.8) is 0 Å². The Hall–Kier alpha value is -12.0. The number of anilines is 1. The lowest BCUT2D eigenvalue weighted by Crippen LogP contribution is -2.57. The number of aromatic nitrogens is 2. The molecule has 8 fully saturated rings. The number of amides is 4. The predicted molar refractivity (Wildman–Crippen MR) is 412 cm³/mol. The molecule has 6 unspecified atom stereocenters. The molecule has 0 radical (unpaired) electrons. The number of thiazole rings is 2. The summed E-state index contributed by atoms with van der Waals surface area (Å²) in [5, 5.41) is 53.0. The molecule has 6 aromatic rings. The molecular weight excluding hydrogens is 1620 g/mol. The first-order chi connectivity index (χ1) is 57.4. The van der Waals surface area contributed by atoms with Crippen LogP contribution < -0.4 is 15.2 Å². The first kappa shape index (κ1) is 82.6. The number of esters is 4. The average molecular weight is 1710 g/mol. The van der Waals surface area contributed by atoms with Crippen LogP contribution in [0.2, 0.25) is 0 Å². The molecule has 17 rings (SSSR count). The lowest BCUT2D eigenvalue weighted by molar-refractivity contribution is -0.263. The van der Waals surface area contributed by atoms with Crippen LogP contribution in [0.5, 0.6) is 23.0 Å². The highest BCUT2D eigenvalue weighted by atomic mass is 32.1. The molecule has 4 bridgehead atoms. The number of nitrogen functional groups attached to an aromatic ring is 1. The van der Waals surface area contributed by atoms with Gasteiger partial charge in [0.1, 0.15) is 34.7 Å². The summed E-state index contributed by atoms with van der Waals surface area (Å²) < 4.78 is 47.7. The number of fused-ring (bicyclic) bond motifs is 7. The van der Waals surface area contributed by atoms with Crippen molar-refractivity contribution in [2.75, 3.05) is 18.9 Å². The number of phenols is 2. The third kappa shape index (κ3) is 15.2. The normalized spacial score (nSPS) is 28.2. The number of carbonyl (C=O) groups is 12. The Labute approximate surface area is 696 Å². The Morgan fingerprint density at radius 1 is 0.545 bits per heavy atom. The van der Waals surface area contributed by atoms with Crippen LogP contribution in [0, 0.1) is 18.8 Å². The third-order valence-corrected chi connectivity index (χ3v) is 24.1. The Kier molecular flexibility index (Phi) is 21.1. The number of rotatable bonds is 22. The topological polar surface area (TPSA) is 486 Å². The molecule has 10 atom stereocenters. The number of hydrogen-bond donors (Lipinski definition) is 5. The number of ether oxygens (including phenoxy) is 8. The van der Waals surface area contributed by atoms with E-state index >= 15 is 0 Å². The second-order valence-corrected chi connectivity index (χ2v) is 35.4. The van der Waals surface area contributed by atoms with E-state index in [-0.39, 0.29) is 102 Å². The van der Waals surface area contributed by atoms with Crippen LogP contribution in [-0.4, -0.2) is 216 Å². The molecule has 6 N–H and O–H groups in total. The highest BCUT2D eigenvalue weighted by Crippen LogP contribution is 2.52. The smallest absolute Gasteiger partial charge is 0.375 e. The summed E-state index contributed by atoms with van der Waals surface area (Å²) in [6.07, 6.45) is -0.674. The lowest BCUT2D eigenvalue weighted by Gasteiger charge is -2.38. The molecule has 2 aromatic heterocycles. The van der Waals surface area contributed by atoms with Gasteiger partial charge in [-0.25, -0.2) is 38.7 Å². The number of nitrogens with zero attached hydrogens (tertiary/aromatic N) is 8. The lowest BCUT2D eigenvalue weighted by atomic mass is 9.90. The summed E-state index contributed by atoms with van der Waals surface area (Å²) in [7, 11) is 0. The minimum atomic E-state index is -2.71. The molecule has 13 heterocycles.